The second-order valence-electron chi connectivity index (χ2n) is 4.69. The number of aromatic nitrogens is 2. The number of nitrogens with one attached hydrogen (secondary N) is 1. The second kappa shape index (κ2) is 8.10. The van der Waals surface area contributed by atoms with Crippen LogP contribution in [0.15, 0.2) is 28.6 Å². The van der Waals surface area contributed by atoms with E-state index in [9.17, 15) is 4.79 Å². The van der Waals surface area contributed by atoms with Gasteiger partial charge in [-0.1, -0.05) is 41.6 Å². The van der Waals surface area contributed by atoms with Crippen LogP contribution in [0.5, 0.6) is 0 Å². The number of benzene rings is 1. The van der Waals surface area contributed by atoms with Crippen LogP contribution in [0.1, 0.15) is 20.3 Å². The van der Waals surface area contributed by atoms with Crippen LogP contribution in [0, 0.1) is 3.95 Å². The predicted molar refractivity (Wildman–Crippen MR) is 95.9 cm³/mol. The lowest BCUT2D eigenvalue weighted by atomic mass is 10.3. The number of rotatable bonds is 6. The molecule has 2 aromatic rings. The fourth-order valence-corrected chi connectivity index (χ4v) is 3.91. The van der Waals surface area contributed by atoms with Crippen molar-refractivity contribution in [2.75, 3.05) is 5.75 Å². The molecule has 1 heterocycles. The van der Waals surface area contributed by atoms with Gasteiger partial charge in [0.25, 0.3) is 0 Å². The first kappa shape index (κ1) is 17.5. The first-order valence-corrected chi connectivity index (χ1v) is 9.36. The maximum atomic E-state index is 11.8. The second-order valence-corrected chi connectivity index (χ2v) is 7.97. The molecule has 0 bridgehead atoms. The Hall–Kier alpha value is -0.890. The molecular formula is C14H16ClN3OS3. The Morgan fingerprint density at radius 3 is 2.82 bits per heavy atom. The molecule has 118 valence electrons. The van der Waals surface area contributed by atoms with Gasteiger partial charge in [0.05, 0.1) is 11.4 Å². The van der Waals surface area contributed by atoms with E-state index in [1.807, 2.05) is 26.0 Å². The average molecular weight is 374 g/mol. The van der Waals surface area contributed by atoms with Crippen LogP contribution >= 0.6 is 46.9 Å². The zero-order valence-electron chi connectivity index (χ0n) is 12.2. The molecule has 1 aromatic carbocycles. The van der Waals surface area contributed by atoms with E-state index in [1.165, 1.54) is 23.1 Å². The third-order valence-corrected chi connectivity index (χ3v) is 5.56. The Balaban J connectivity index is 2.02. The Kier molecular flexibility index (Phi) is 6.43. The maximum absolute atomic E-state index is 11.8. The van der Waals surface area contributed by atoms with Crippen molar-refractivity contribution in [2.45, 2.75) is 30.6 Å². The Morgan fingerprint density at radius 2 is 2.18 bits per heavy atom. The van der Waals surface area contributed by atoms with Gasteiger partial charge in [-0.2, -0.15) is 0 Å². The predicted octanol–water partition coefficient (Wildman–Crippen LogP) is 4.32. The quantitative estimate of drug-likeness (QED) is 0.605. The lowest BCUT2D eigenvalue weighted by Crippen LogP contribution is -2.33. The summed E-state index contributed by atoms with van der Waals surface area (Å²) < 4.78 is 3.11. The maximum Gasteiger partial charge on any atom is 0.230 e. The molecule has 0 saturated carbocycles. The zero-order chi connectivity index (χ0) is 16.1. The molecule has 0 aliphatic carbocycles. The van der Waals surface area contributed by atoms with Crippen LogP contribution in [0.2, 0.25) is 5.02 Å². The number of halogens is 1. The lowest BCUT2D eigenvalue weighted by Gasteiger charge is -2.10. The van der Waals surface area contributed by atoms with Crippen molar-refractivity contribution in [3.8, 4) is 5.69 Å². The van der Waals surface area contributed by atoms with E-state index < -0.39 is 0 Å². The summed E-state index contributed by atoms with van der Waals surface area (Å²) in [5.74, 6) is 0.353. The smallest absolute Gasteiger partial charge is 0.230 e. The average Bonchev–Trinajstić information content (AvgIpc) is 2.87. The van der Waals surface area contributed by atoms with Gasteiger partial charge >= 0.3 is 0 Å². The number of nitrogens with zero attached hydrogens (tertiary/aromatic N) is 2. The van der Waals surface area contributed by atoms with E-state index >= 15 is 0 Å². The molecule has 1 N–H and O–H groups in total. The number of hydrogen-bond acceptors (Lipinski definition) is 5. The molecule has 0 saturated heterocycles. The van der Waals surface area contributed by atoms with Gasteiger partial charge < -0.3 is 5.32 Å². The highest BCUT2D eigenvalue weighted by Crippen LogP contribution is 2.24. The minimum Gasteiger partial charge on any atom is -0.353 e. The molecule has 1 amide bonds. The molecule has 0 spiro atoms. The first-order chi connectivity index (χ1) is 10.5. The molecule has 8 heteroatoms. The van der Waals surface area contributed by atoms with Crippen molar-refractivity contribution in [3.05, 3.63) is 33.2 Å². The van der Waals surface area contributed by atoms with E-state index in [-0.39, 0.29) is 11.9 Å². The van der Waals surface area contributed by atoms with Crippen LogP contribution in [-0.2, 0) is 4.79 Å². The van der Waals surface area contributed by atoms with Crippen molar-refractivity contribution >= 4 is 52.8 Å². The number of thioether (sulfide) groups is 1. The fraction of sp³-hybridized carbons (Fsp3) is 0.357. The summed E-state index contributed by atoms with van der Waals surface area (Å²) in [6, 6.07) is 7.51. The number of carbonyl (C=O) groups is 1. The standard InChI is InChI=1S/C14H16ClN3OS3/c1-3-9(2)16-12(19)8-21-13-17-18(14(20)22-13)11-6-4-10(15)5-7-11/h4-7,9H,3,8H2,1-2H3,(H,16,19). The monoisotopic (exact) mass is 373 g/mol. The third-order valence-electron chi connectivity index (χ3n) is 2.95. The molecular weight excluding hydrogens is 358 g/mol. The van der Waals surface area contributed by atoms with Crippen molar-refractivity contribution in [2.24, 2.45) is 0 Å². The van der Waals surface area contributed by atoms with Gasteiger partial charge in [0, 0.05) is 11.1 Å². The lowest BCUT2D eigenvalue weighted by molar-refractivity contribution is -0.119. The topological polar surface area (TPSA) is 46.9 Å². The van der Waals surface area contributed by atoms with Gasteiger partial charge in [-0.25, -0.2) is 4.68 Å². The van der Waals surface area contributed by atoms with Crippen LogP contribution in [0.25, 0.3) is 5.69 Å². The van der Waals surface area contributed by atoms with Crippen LogP contribution in [0.3, 0.4) is 0 Å². The van der Waals surface area contributed by atoms with Gasteiger partial charge in [-0.3, -0.25) is 4.79 Å². The number of amides is 1. The molecule has 1 aromatic heterocycles. The van der Waals surface area contributed by atoms with Gasteiger partial charge in [0.15, 0.2) is 8.29 Å². The van der Waals surface area contributed by atoms with E-state index in [4.69, 9.17) is 23.8 Å². The van der Waals surface area contributed by atoms with E-state index in [2.05, 4.69) is 10.4 Å². The Morgan fingerprint density at radius 1 is 1.50 bits per heavy atom. The SMILES string of the molecule is CCC(C)NC(=O)CSc1nn(-c2ccc(Cl)cc2)c(=S)s1. The fourth-order valence-electron chi connectivity index (χ4n) is 1.61. The van der Waals surface area contributed by atoms with Crippen LogP contribution < -0.4 is 5.32 Å². The Bertz CT molecular complexity index is 696. The van der Waals surface area contributed by atoms with Gasteiger partial charge in [-0.15, -0.1) is 5.10 Å². The van der Waals surface area contributed by atoms with E-state index in [0.717, 1.165) is 16.4 Å². The summed E-state index contributed by atoms with van der Waals surface area (Å²) in [5, 5.41) is 8.05. The summed E-state index contributed by atoms with van der Waals surface area (Å²) in [6.07, 6.45) is 0.917. The summed E-state index contributed by atoms with van der Waals surface area (Å²) in [5.41, 5.74) is 0.863. The molecule has 2 rings (SSSR count). The van der Waals surface area contributed by atoms with Gasteiger partial charge in [0.1, 0.15) is 0 Å². The Labute approximate surface area is 147 Å². The first-order valence-electron chi connectivity index (χ1n) is 6.78. The van der Waals surface area contributed by atoms with Crippen molar-refractivity contribution in [1.82, 2.24) is 15.1 Å². The highest BCUT2D eigenvalue weighted by molar-refractivity contribution is 8.01. The summed E-state index contributed by atoms with van der Waals surface area (Å²) in [7, 11) is 0. The third kappa shape index (κ3) is 4.81. The molecule has 1 unspecified atom stereocenters. The van der Waals surface area contributed by atoms with Gasteiger partial charge in [-0.05, 0) is 49.8 Å². The minimum absolute atomic E-state index is 0.0125. The van der Waals surface area contributed by atoms with Crippen molar-refractivity contribution in [3.63, 3.8) is 0 Å². The highest BCUT2D eigenvalue weighted by atomic mass is 35.5. The normalized spacial score (nSPS) is 12.1. The van der Waals surface area contributed by atoms with Crippen LogP contribution in [0.4, 0.5) is 0 Å². The highest BCUT2D eigenvalue weighted by Gasteiger charge is 2.10. The number of carbonyl (C=O) groups excluding carboxylic acids is 1. The zero-order valence-corrected chi connectivity index (χ0v) is 15.4. The van der Waals surface area contributed by atoms with Crippen molar-refractivity contribution in [1.29, 1.82) is 0 Å². The van der Waals surface area contributed by atoms with Crippen molar-refractivity contribution < 1.29 is 4.79 Å². The number of hydrogen-bond donors (Lipinski definition) is 1. The molecule has 1 atom stereocenters. The van der Waals surface area contributed by atoms with Crippen LogP contribution in [-0.4, -0.2) is 27.5 Å². The van der Waals surface area contributed by atoms with E-state index in [0.29, 0.717) is 14.7 Å². The largest absolute Gasteiger partial charge is 0.353 e. The minimum atomic E-state index is 0.0125. The summed E-state index contributed by atoms with van der Waals surface area (Å²) >= 11 is 14.0. The summed E-state index contributed by atoms with van der Waals surface area (Å²) in [6.45, 7) is 4.03. The molecule has 0 radical (unpaired) electrons. The molecule has 4 nitrogen and oxygen atoms in total. The molecule has 22 heavy (non-hydrogen) atoms. The molecule has 0 aliphatic rings. The van der Waals surface area contributed by atoms with Gasteiger partial charge in [0.2, 0.25) is 5.91 Å². The summed E-state index contributed by atoms with van der Waals surface area (Å²) in [4.78, 5) is 11.8. The van der Waals surface area contributed by atoms with E-state index in [1.54, 1.807) is 16.8 Å². The molecule has 0 fully saturated rings. The molecule has 0 aliphatic heterocycles.